The smallest absolute Gasteiger partial charge is 0.214 e. The number of aromatic nitrogens is 1. The summed E-state index contributed by atoms with van der Waals surface area (Å²) in [4.78, 5) is 15.9. The molecule has 2 nitrogen and oxygen atoms in total. The Kier molecular flexibility index (Phi) is 3.85. The van der Waals surface area contributed by atoms with Crippen LogP contribution in [0.25, 0.3) is 0 Å². The summed E-state index contributed by atoms with van der Waals surface area (Å²) in [6.45, 7) is 0. The van der Waals surface area contributed by atoms with Gasteiger partial charge in [0.05, 0.1) is 15.1 Å². The van der Waals surface area contributed by atoms with Crippen LogP contribution in [-0.2, 0) is 0 Å². The summed E-state index contributed by atoms with van der Waals surface area (Å²) in [5.41, 5.74) is -0.0121. The Morgan fingerprint density at radius 3 is 2.50 bits per heavy atom. The van der Waals surface area contributed by atoms with Crippen LogP contribution in [-0.4, -0.2) is 10.8 Å². The zero-order valence-electron chi connectivity index (χ0n) is 8.75. The molecule has 0 spiro atoms. The Balaban J connectivity index is 2.51. The second kappa shape index (κ2) is 5.22. The molecule has 0 atom stereocenters. The molecule has 1 aromatic heterocycles. The van der Waals surface area contributed by atoms with Gasteiger partial charge in [0.15, 0.2) is 0 Å². The van der Waals surface area contributed by atoms with Gasteiger partial charge in [-0.25, -0.2) is 9.37 Å². The van der Waals surface area contributed by atoms with Crippen molar-refractivity contribution >= 4 is 40.6 Å². The van der Waals surface area contributed by atoms with Crippen LogP contribution < -0.4 is 0 Å². The third-order valence-corrected chi connectivity index (χ3v) is 3.02. The van der Waals surface area contributed by atoms with Crippen molar-refractivity contribution in [2.24, 2.45) is 0 Å². The Morgan fingerprint density at radius 1 is 1.11 bits per heavy atom. The quantitative estimate of drug-likeness (QED) is 0.769. The maximum Gasteiger partial charge on any atom is 0.214 e. The normalized spacial score (nSPS) is 10.4. The summed E-state index contributed by atoms with van der Waals surface area (Å²) in [5, 5.41) is 0.531. The highest BCUT2D eigenvalue weighted by Gasteiger charge is 2.18. The molecule has 0 fully saturated rings. The summed E-state index contributed by atoms with van der Waals surface area (Å²) in [5.74, 6) is -1.12. The molecule has 0 aliphatic rings. The molecule has 1 heterocycles. The average Bonchev–Trinajstić information content (AvgIpc) is 2.31. The molecule has 92 valence electrons. The van der Waals surface area contributed by atoms with Crippen LogP contribution in [0.15, 0.2) is 30.5 Å². The average molecular weight is 305 g/mol. The molecule has 0 amide bonds. The fourth-order valence-electron chi connectivity index (χ4n) is 1.38. The van der Waals surface area contributed by atoms with E-state index in [1.807, 2.05) is 0 Å². The molecule has 2 aromatic rings. The highest BCUT2D eigenvalue weighted by Crippen LogP contribution is 2.25. The third-order valence-electron chi connectivity index (χ3n) is 2.20. The fourth-order valence-corrected chi connectivity index (χ4v) is 2.05. The Hall–Kier alpha value is -1.16. The van der Waals surface area contributed by atoms with E-state index in [0.29, 0.717) is 5.02 Å². The van der Waals surface area contributed by atoms with E-state index >= 15 is 0 Å². The second-order valence-corrected chi connectivity index (χ2v) is 4.69. The lowest BCUT2D eigenvalue weighted by Crippen LogP contribution is -2.06. The van der Waals surface area contributed by atoms with E-state index in [-0.39, 0.29) is 21.3 Å². The number of ketones is 1. The summed E-state index contributed by atoms with van der Waals surface area (Å²) in [6, 6.07) is 4.89. The number of benzene rings is 1. The number of halogens is 4. The van der Waals surface area contributed by atoms with E-state index in [0.717, 1.165) is 12.1 Å². The zero-order chi connectivity index (χ0) is 13.3. The molecular weight excluding hydrogens is 299 g/mol. The number of hydrogen-bond acceptors (Lipinski definition) is 2. The molecule has 1 aromatic carbocycles. The molecule has 0 unspecified atom stereocenters. The first-order valence-corrected chi connectivity index (χ1v) is 5.93. The van der Waals surface area contributed by atoms with Gasteiger partial charge in [-0.05, 0) is 24.3 Å². The minimum absolute atomic E-state index is 0.00777. The molecule has 0 bridgehead atoms. The Bertz CT molecular complexity index is 631. The molecule has 0 radical (unpaired) electrons. The van der Waals surface area contributed by atoms with Gasteiger partial charge in [-0.3, -0.25) is 4.79 Å². The minimum Gasteiger partial charge on any atom is -0.287 e. The van der Waals surface area contributed by atoms with Crippen molar-refractivity contribution < 1.29 is 9.18 Å². The molecule has 0 saturated heterocycles. The van der Waals surface area contributed by atoms with Crippen LogP contribution in [0.2, 0.25) is 15.1 Å². The van der Waals surface area contributed by atoms with Crippen molar-refractivity contribution in [2.75, 3.05) is 0 Å². The third kappa shape index (κ3) is 2.64. The van der Waals surface area contributed by atoms with Gasteiger partial charge in [0.25, 0.3) is 0 Å². The molecule has 0 saturated carbocycles. The van der Waals surface area contributed by atoms with Crippen LogP contribution in [0.1, 0.15) is 16.1 Å². The Labute approximate surface area is 117 Å². The van der Waals surface area contributed by atoms with E-state index < -0.39 is 11.6 Å². The number of nitrogens with zero attached hydrogens (tertiary/aromatic N) is 1. The second-order valence-electron chi connectivity index (χ2n) is 3.44. The van der Waals surface area contributed by atoms with Crippen molar-refractivity contribution in [1.29, 1.82) is 0 Å². The van der Waals surface area contributed by atoms with Gasteiger partial charge in [-0.1, -0.05) is 34.8 Å². The van der Waals surface area contributed by atoms with Crippen molar-refractivity contribution in [2.45, 2.75) is 0 Å². The maximum absolute atomic E-state index is 13.1. The number of hydrogen-bond donors (Lipinski definition) is 0. The van der Waals surface area contributed by atoms with Gasteiger partial charge < -0.3 is 0 Å². The fraction of sp³-hybridized carbons (Fsp3) is 0. The van der Waals surface area contributed by atoms with Gasteiger partial charge in [0.2, 0.25) is 5.78 Å². The predicted octanol–water partition coefficient (Wildman–Crippen LogP) is 4.41. The highest BCUT2D eigenvalue weighted by atomic mass is 35.5. The van der Waals surface area contributed by atoms with Crippen LogP contribution in [0, 0.1) is 5.82 Å². The first kappa shape index (κ1) is 13.3. The topological polar surface area (TPSA) is 30.0 Å². The number of rotatable bonds is 2. The molecule has 0 aliphatic carbocycles. The summed E-state index contributed by atoms with van der Waals surface area (Å²) >= 11 is 17.4. The van der Waals surface area contributed by atoms with Gasteiger partial charge in [0, 0.05) is 11.8 Å². The highest BCUT2D eigenvalue weighted by molar-refractivity contribution is 6.39. The van der Waals surface area contributed by atoms with E-state index in [9.17, 15) is 9.18 Å². The molecule has 2 rings (SSSR count). The van der Waals surface area contributed by atoms with Crippen LogP contribution in [0.5, 0.6) is 0 Å². The van der Waals surface area contributed by atoms with Gasteiger partial charge >= 0.3 is 0 Å². The van der Waals surface area contributed by atoms with Gasteiger partial charge in [-0.15, -0.1) is 0 Å². The van der Waals surface area contributed by atoms with E-state index in [2.05, 4.69) is 4.98 Å². The minimum atomic E-state index is -0.562. The van der Waals surface area contributed by atoms with E-state index in [1.54, 1.807) is 0 Å². The lowest BCUT2D eigenvalue weighted by atomic mass is 10.1. The standard InChI is InChI=1S/C12H5Cl3FNO/c13-6-3-10(15)11(17-5-6)12(18)8-4-7(16)1-2-9(8)14/h1-5H. The largest absolute Gasteiger partial charge is 0.287 e. The van der Waals surface area contributed by atoms with Crippen LogP contribution in [0.4, 0.5) is 4.39 Å². The zero-order valence-corrected chi connectivity index (χ0v) is 11.0. The Morgan fingerprint density at radius 2 is 1.83 bits per heavy atom. The van der Waals surface area contributed by atoms with Crippen LogP contribution in [0.3, 0.4) is 0 Å². The van der Waals surface area contributed by atoms with Crippen molar-refractivity contribution in [3.05, 3.63) is 62.6 Å². The molecule has 0 aliphatic heterocycles. The van der Waals surface area contributed by atoms with E-state index in [1.165, 1.54) is 18.3 Å². The van der Waals surface area contributed by atoms with E-state index in [4.69, 9.17) is 34.8 Å². The summed E-state index contributed by atoms with van der Waals surface area (Å²) < 4.78 is 13.1. The SMILES string of the molecule is O=C(c1cc(F)ccc1Cl)c1ncc(Cl)cc1Cl. The predicted molar refractivity (Wildman–Crippen MR) is 69.1 cm³/mol. The van der Waals surface area contributed by atoms with Crippen molar-refractivity contribution in [1.82, 2.24) is 4.98 Å². The lowest BCUT2D eigenvalue weighted by molar-refractivity contribution is 0.103. The molecule has 18 heavy (non-hydrogen) atoms. The number of carbonyl (C=O) groups is 1. The molecule has 0 N–H and O–H groups in total. The van der Waals surface area contributed by atoms with Gasteiger partial charge in [0.1, 0.15) is 11.5 Å². The molecular formula is C12H5Cl3FNO. The monoisotopic (exact) mass is 303 g/mol. The summed E-state index contributed by atoms with van der Waals surface area (Å²) in [7, 11) is 0. The van der Waals surface area contributed by atoms with Crippen molar-refractivity contribution in [3.8, 4) is 0 Å². The van der Waals surface area contributed by atoms with Crippen molar-refractivity contribution in [3.63, 3.8) is 0 Å². The molecule has 6 heteroatoms. The first-order valence-electron chi connectivity index (χ1n) is 4.80. The number of pyridine rings is 1. The lowest BCUT2D eigenvalue weighted by Gasteiger charge is -2.05. The maximum atomic E-state index is 13.1. The van der Waals surface area contributed by atoms with Gasteiger partial charge in [-0.2, -0.15) is 0 Å². The first-order chi connectivity index (χ1) is 8.49. The van der Waals surface area contributed by atoms with Crippen LogP contribution >= 0.6 is 34.8 Å². The number of carbonyl (C=O) groups excluding carboxylic acids is 1. The summed E-state index contributed by atoms with van der Waals surface area (Å²) in [6.07, 6.45) is 1.29.